The van der Waals surface area contributed by atoms with E-state index in [9.17, 15) is 17.6 Å². The van der Waals surface area contributed by atoms with Crippen LogP contribution in [-0.2, 0) is 21.2 Å². The Kier molecular flexibility index (Phi) is 5.05. The van der Waals surface area contributed by atoms with E-state index < -0.39 is 16.1 Å². The molecule has 2 aromatic rings. The van der Waals surface area contributed by atoms with Crippen molar-refractivity contribution in [1.29, 1.82) is 0 Å². The van der Waals surface area contributed by atoms with Crippen molar-refractivity contribution in [3.8, 4) is 0 Å². The summed E-state index contributed by atoms with van der Waals surface area (Å²) in [5, 5.41) is 0. The van der Waals surface area contributed by atoms with Gasteiger partial charge in [-0.3, -0.25) is 4.79 Å². The van der Waals surface area contributed by atoms with Crippen molar-refractivity contribution in [2.45, 2.75) is 37.1 Å². The highest BCUT2D eigenvalue weighted by molar-refractivity contribution is 9.10. The van der Waals surface area contributed by atoms with Gasteiger partial charge in [-0.1, -0.05) is 28.1 Å². The molecule has 0 spiro atoms. The van der Waals surface area contributed by atoms with Gasteiger partial charge in [0.2, 0.25) is 15.9 Å². The number of carbonyl (C=O) groups excluding carboxylic acids is 1. The third kappa shape index (κ3) is 3.27. The van der Waals surface area contributed by atoms with Crippen LogP contribution in [0.1, 0.15) is 36.9 Å². The number of nitrogens with zero attached hydrogens (tertiary/aromatic N) is 2. The van der Waals surface area contributed by atoms with Crippen LogP contribution in [0.3, 0.4) is 0 Å². The van der Waals surface area contributed by atoms with E-state index in [2.05, 4.69) is 15.9 Å². The zero-order valence-electron chi connectivity index (χ0n) is 15.4. The van der Waals surface area contributed by atoms with Crippen LogP contribution in [0.15, 0.2) is 45.8 Å². The van der Waals surface area contributed by atoms with E-state index in [4.69, 9.17) is 0 Å². The number of rotatable bonds is 3. The number of halogens is 2. The van der Waals surface area contributed by atoms with Gasteiger partial charge in [-0.05, 0) is 54.7 Å². The lowest BCUT2D eigenvalue weighted by Crippen LogP contribution is -2.33. The minimum Gasteiger partial charge on any atom is -0.311 e. The van der Waals surface area contributed by atoms with Gasteiger partial charge in [0.05, 0.1) is 11.7 Å². The molecule has 148 valence electrons. The highest BCUT2D eigenvalue weighted by Crippen LogP contribution is 2.43. The van der Waals surface area contributed by atoms with Crippen LogP contribution in [0.5, 0.6) is 0 Å². The van der Waals surface area contributed by atoms with Crippen LogP contribution in [0.2, 0.25) is 0 Å². The Hall–Kier alpha value is -1.77. The smallest absolute Gasteiger partial charge is 0.245 e. The average Bonchev–Trinajstić information content (AvgIpc) is 3.28. The number of hydrogen-bond donors (Lipinski definition) is 0. The maximum Gasteiger partial charge on any atom is 0.245 e. The first-order valence-corrected chi connectivity index (χ1v) is 11.4. The fourth-order valence-electron chi connectivity index (χ4n) is 4.18. The van der Waals surface area contributed by atoms with Gasteiger partial charge in [0.1, 0.15) is 10.7 Å². The molecule has 2 aromatic carbocycles. The second-order valence-corrected chi connectivity index (χ2v) is 9.94. The summed E-state index contributed by atoms with van der Waals surface area (Å²) in [4.78, 5) is 13.7. The summed E-state index contributed by atoms with van der Waals surface area (Å²) in [6, 6.07) is 9.12. The lowest BCUT2D eigenvalue weighted by Gasteiger charge is -2.27. The van der Waals surface area contributed by atoms with Crippen LogP contribution < -0.4 is 4.90 Å². The molecule has 28 heavy (non-hydrogen) atoms. The molecule has 1 unspecified atom stereocenters. The van der Waals surface area contributed by atoms with Crippen LogP contribution in [-0.4, -0.2) is 31.7 Å². The summed E-state index contributed by atoms with van der Waals surface area (Å²) >= 11 is 3.41. The van der Waals surface area contributed by atoms with Crippen molar-refractivity contribution in [3.63, 3.8) is 0 Å². The van der Waals surface area contributed by atoms with E-state index >= 15 is 0 Å². The van der Waals surface area contributed by atoms with E-state index in [1.54, 1.807) is 18.2 Å². The van der Waals surface area contributed by atoms with Gasteiger partial charge >= 0.3 is 0 Å². The van der Waals surface area contributed by atoms with Crippen molar-refractivity contribution < 1.29 is 17.6 Å². The van der Waals surface area contributed by atoms with Gasteiger partial charge in [0.15, 0.2) is 0 Å². The number of carbonyl (C=O) groups is 1. The van der Waals surface area contributed by atoms with Crippen molar-refractivity contribution in [3.05, 3.63) is 57.8 Å². The molecule has 0 radical (unpaired) electrons. The Morgan fingerprint density at radius 2 is 2.00 bits per heavy atom. The molecule has 8 heteroatoms. The second kappa shape index (κ2) is 7.24. The highest BCUT2D eigenvalue weighted by atomic mass is 79.9. The molecule has 1 saturated heterocycles. The Labute approximate surface area is 172 Å². The third-order valence-electron chi connectivity index (χ3n) is 5.40. The Balaban J connectivity index is 1.82. The maximum absolute atomic E-state index is 13.7. The number of amides is 1. The topological polar surface area (TPSA) is 57.7 Å². The van der Waals surface area contributed by atoms with Gasteiger partial charge < -0.3 is 4.90 Å². The van der Waals surface area contributed by atoms with Gasteiger partial charge in [-0.15, -0.1) is 0 Å². The Morgan fingerprint density at radius 3 is 2.71 bits per heavy atom. The summed E-state index contributed by atoms with van der Waals surface area (Å²) in [7, 11) is -3.88. The van der Waals surface area contributed by atoms with E-state index in [1.807, 2.05) is 6.07 Å². The lowest BCUT2D eigenvalue weighted by molar-refractivity contribution is -0.116. The van der Waals surface area contributed by atoms with E-state index in [0.717, 1.165) is 5.56 Å². The summed E-state index contributed by atoms with van der Waals surface area (Å²) < 4.78 is 43.1. The predicted molar refractivity (Wildman–Crippen MR) is 108 cm³/mol. The number of sulfonamides is 1. The predicted octanol–water partition coefficient (Wildman–Crippen LogP) is 4.02. The quantitative estimate of drug-likeness (QED) is 0.685. The normalized spacial score (nSPS) is 19.8. The molecular formula is C20H20BrFN2O3S. The standard InChI is InChI=1S/C20H20BrFN2O3S/c1-13(25)23-9-7-15-10-16(21)12-19(20(15)23)28(26,27)24-8-3-6-18(24)14-4-2-5-17(22)11-14/h2,4-5,10-12,18H,3,6-9H2,1H3. The molecule has 2 aliphatic rings. The van der Waals surface area contributed by atoms with Crippen molar-refractivity contribution in [2.75, 3.05) is 18.0 Å². The third-order valence-corrected chi connectivity index (χ3v) is 7.78. The molecule has 1 atom stereocenters. The largest absolute Gasteiger partial charge is 0.311 e. The van der Waals surface area contributed by atoms with Crippen molar-refractivity contribution in [1.82, 2.24) is 4.31 Å². The van der Waals surface area contributed by atoms with Crippen LogP contribution in [0, 0.1) is 5.82 Å². The van der Waals surface area contributed by atoms with Gasteiger partial charge in [-0.25, -0.2) is 12.8 Å². The molecular weight excluding hydrogens is 447 g/mol. The zero-order chi connectivity index (χ0) is 20.1. The van der Waals surface area contributed by atoms with Crippen LogP contribution >= 0.6 is 15.9 Å². The van der Waals surface area contributed by atoms with Gasteiger partial charge in [0, 0.05) is 24.5 Å². The second-order valence-electron chi connectivity index (χ2n) is 7.16. The fourth-order valence-corrected chi connectivity index (χ4v) is 6.78. The minimum atomic E-state index is -3.88. The number of fused-ring (bicyclic) bond motifs is 1. The average molecular weight is 467 g/mol. The maximum atomic E-state index is 13.7. The summed E-state index contributed by atoms with van der Waals surface area (Å²) in [5.74, 6) is -0.562. The summed E-state index contributed by atoms with van der Waals surface area (Å²) in [6.45, 7) is 2.28. The fraction of sp³-hybridized carbons (Fsp3) is 0.350. The Bertz CT molecular complexity index is 1060. The minimum absolute atomic E-state index is 0.132. The molecule has 5 nitrogen and oxygen atoms in total. The molecule has 1 amide bonds. The lowest BCUT2D eigenvalue weighted by atomic mass is 10.1. The number of anilines is 1. The van der Waals surface area contributed by atoms with Crippen LogP contribution in [0.4, 0.5) is 10.1 Å². The van der Waals surface area contributed by atoms with Crippen molar-refractivity contribution in [2.24, 2.45) is 0 Å². The molecule has 0 aromatic heterocycles. The van der Waals surface area contributed by atoms with Crippen LogP contribution in [0.25, 0.3) is 0 Å². The monoisotopic (exact) mass is 466 g/mol. The first kappa shape index (κ1) is 19.5. The molecule has 4 rings (SSSR count). The van der Waals surface area contributed by atoms with Gasteiger partial charge in [-0.2, -0.15) is 4.31 Å². The molecule has 1 fully saturated rings. The number of hydrogen-bond acceptors (Lipinski definition) is 3. The van der Waals surface area contributed by atoms with Crippen molar-refractivity contribution >= 4 is 37.5 Å². The zero-order valence-corrected chi connectivity index (χ0v) is 17.8. The van der Waals surface area contributed by atoms with E-state index in [0.29, 0.717) is 48.1 Å². The number of benzene rings is 2. The first-order chi connectivity index (χ1) is 13.3. The molecule has 0 saturated carbocycles. The molecule has 0 N–H and O–H groups in total. The molecule has 0 bridgehead atoms. The molecule has 0 aliphatic carbocycles. The molecule has 2 heterocycles. The van der Waals surface area contributed by atoms with E-state index in [1.165, 1.54) is 28.3 Å². The Morgan fingerprint density at radius 1 is 1.21 bits per heavy atom. The molecule has 2 aliphatic heterocycles. The first-order valence-electron chi connectivity index (χ1n) is 9.17. The van der Waals surface area contributed by atoms with E-state index in [-0.39, 0.29) is 16.6 Å². The highest BCUT2D eigenvalue weighted by Gasteiger charge is 2.40. The SMILES string of the molecule is CC(=O)N1CCc2cc(Br)cc(S(=O)(=O)N3CCCC3c3cccc(F)c3)c21. The summed E-state index contributed by atoms with van der Waals surface area (Å²) in [6.07, 6.45) is 1.95. The van der Waals surface area contributed by atoms with Gasteiger partial charge in [0.25, 0.3) is 0 Å². The summed E-state index contributed by atoms with van der Waals surface area (Å²) in [5.41, 5.74) is 1.96.